The van der Waals surface area contributed by atoms with Gasteiger partial charge in [0.1, 0.15) is 5.75 Å². The van der Waals surface area contributed by atoms with Crippen molar-refractivity contribution in [3.63, 3.8) is 0 Å². The van der Waals surface area contributed by atoms with Crippen LogP contribution in [0.2, 0.25) is 0 Å². The summed E-state index contributed by atoms with van der Waals surface area (Å²) in [6, 6.07) is 6.13. The van der Waals surface area contributed by atoms with Gasteiger partial charge in [0.2, 0.25) is 0 Å². The van der Waals surface area contributed by atoms with E-state index in [1.54, 1.807) is 7.11 Å². The summed E-state index contributed by atoms with van der Waals surface area (Å²) in [6.07, 6.45) is 1.01. The Labute approximate surface area is 104 Å². The molecule has 1 aromatic rings. The van der Waals surface area contributed by atoms with Gasteiger partial charge in [0, 0.05) is 31.7 Å². The van der Waals surface area contributed by atoms with Crippen LogP contribution >= 0.6 is 0 Å². The summed E-state index contributed by atoms with van der Waals surface area (Å²) in [5, 5.41) is 0. The molecule has 0 bridgehead atoms. The smallest absolute Gasteiger partial charge is 0.124 e. The van der Waals surface area contributed by atoms with E-state index in [4.69, 9.17) is 15.2 Å². The lowest BCUT2D eigenvalue weighted by Crippen LogP contribution is -2.17. The highest BCUT2D eigenvalue weighted by Crippen LogP contribution is 2.26. The first kappa shape index (κ1) is 14.0. The molecule has 1 unspecified atom stereocenters. The highest BCUT2D eigenvalue weighted by Gasteiger charge is 2.11. The summed E-state index contributed by atoms with van der Waals surface area (Å²) in [4.78, 5) is 0. The van der Waals surface area contributed by atoms with Crippen LogP contribution in [0.25, 0.3) is 0 Å². The van der Waals surface area contributed by atoms with Crippen molar-refractivity contribution in [3.05, 3.63) is 29.3 Å². The predicted octanol–water partition coefficient (Wildman–Crippen LogP) is 2.82. The van der Waals surface area contributed by atoms with E-state index >= 15 is 0 Å². The predicted molar refractivity (Wildman–Crippen MR) is 70.4 cm³/mol. The molecule has 0 spiro atoms. The molecule has 0 aromatic heterocycles. The van der Waals surface area contributed by atoms with Crippen molar-refractivity contribution in [2.75, 3.05) is 13.7 Å². The van der Waals surface area contributed by atoms with E-state index in [1.165, 1.54) is 5.56 Å². The van der Waals surface area contributed by atoms with Gasteiger partial charge in [0.05, 0.1) is 6.10 Å². The topological polar surface area (TPSA) is 44.5 Å². The van der Waals surface area contributed by atoms with E-state index in [0.717, 1.165) is 17.7 Å². The maximum atomic E-state index is 5.94. The van der Waals surface area contributed by atoms with Crippen molar-refractivity contribution in [1.82, 2.24) is 0 Å². The standard InChI is InChI=1S/C14H23NO2/c1-10-5-6-13(12(3)15)14(9-10)17-11(2)7-8-16-4/h5-6,9,11-12H,7-8,15H2,1-4H3/t11?,12-/m0/s1. The van der Waals surface area contributed by atoms with E-state index in [2.05, 4.69) is 13.0 Å². The Bertz CT molecular complexity index is 350. The molecule has 0 fully saturated rings. The number of hydrogen-bond acceptors (Lipinski definition) is 3. The van der Waals surface area contributed by atoms with Gasteiger partial charge in [0.15, 0.2) is 0 Å². The largest absolute Gasteiger partial charge is 0.490 e. The molecule has 3 heteroatoms. The second kappa shape index (κ2) is 6.62. The average molecular weight is 237 g/mol. The van der Waals surface area contributed by atoms with Crippen LogP contribution in [0.4, 0.5) is 0 Å². The molecule has 2 N–H and O–H groups in total. The van der Waals surface area contributed by atoms with Crippen LogP contribution < -0.4 is 10.5 Å². The van der Waals surface area contributed by atoms with E-state index < -0.39 is 0 Å². The third kappa shape index (κ3) is 4.36. The average Bonchev–Trinajstić information content (AvgIpc) is 2.26. The lowest BCUT2D eigenvalue weighted by Gasteiger charge is -2.19. The van der Waals surface area contributed by atoms with Gasteiger partial charge in [-0.3, -0.25) is 0 Å². The van der Waals surface area contributed by atoms with Crippen LogP contribution in [0.1, 0.15) is 37.4 Å². The fourth-order valence-electron chi connectivity index (χ4n) is 1.68. The summed E-state index contributed by atoms with van der Waals surface area (Å²) in [6.45, 7) is 6.78. The number of hydrogen-bond donors (Lipinski definition) is 1. The van der Waals surface area contributed by atoms with Crippen molar-refractivity contribution >= 4 is 0 Å². The van der Waals surface area contributed by atoms with Gasteiger partial charge in [-0.25, -0.2) is 0 Å². The molecule has 96 valence electrons. The fraction of sp³-hybridized carbons (Fsp3) is 0.571. The van der Waals surface area contributed by atoms with E-state index in [-0.39, 0.29) is 12.1 Å². The number of aryl methyl sites for hydroxylation is 1. The van der Waals surface area contributed by atoms with Gasteiger partial charge in [-0.05, 0) is 32.4 Å². The Kier molecular flexibility index (Phi) is 5.45. The minimum Gasteiger partial charge on any atom is -0.490 e. The molecule has 0 aliphatic heterocycles. The Morgan fingerprint density at radius 2 is 2.00 bits per heavy atom. The van der Waals surface area contributed by atoms with E-state index in [9.17, 15) is 0 Å². The molecule has 0 amide bonds. The second-order valence-corrected chi connectivity index (χ2v) is 4.54. The summed E-state index contributed by atoms with van der Waals surface area (Å²) >= 11 is 0. The monoisotopic (exact) mass is 237 g/mol. The summed E-state index contributed by atoms with van der Waals surface area (Å²) in [7, 11) is 1.70. The number of ether oxygens (including phenoxy) is 2. The molecular weight excluding hydrogens is 214 g/mol. The minimum absolute atomic E-state index is 0.0137. The van der Waals surface area contributed by atoms with Gasteiger partial charge in [-0.15, -0.1) is 0 Å². The third-order valence-corrected chi connectivity index (χ3v) is 2.72. The zero-order chi connectivity index (χ0) is 12.8. The number of methoxy groups -OCH3 is 1. The third-order valence-electron chi connectivity index (χ3n) is 2.72. The van der Waals surface area contributed by atoms with Gasteiger partial charge < -0.3 is 15.2 Å². The highest BCUT2D eigenvalue weighted by atomic mass is 16.5. The van der Waals surface area contributed by atoms with Crippen molar-refractivity contribution in [1.29, 1.82) is 0 Å². The molecule has 3 nitrogen and oxygen atoms in total. The molecule has 0 aliphatic rings. The van der Waals surface area contributed by atoms with Gasteiger partial charge in [0.25, 0.3) is 0 Å². The van der Waals surface area contributed by atoms with Gasteiger partial charge in [-0.2, -0.15) is 0 Å². The van der Waals surface area contributed by atoms with E-state index in [0.29, 0.717) is 6.61 Å². The molecule has 17 heavy (non-hydrogen) atoms. The Hall–Kier alpha value is -1.06. The van der Waals surface area contributed by atoms with Crippen molar-refractivity contribution in [3.8, 4) is 5.75 Å². The number of benzene rings is 1. The van der Waals surface area contributed by atoms with Crippen LogP contribution in [-0.2, 0) is 4.74 Å². The maximum Gasteiger partial charge on any atom is 0.124 e. The first-order valence-corrected chi connectivity index (χ1v) is 6.06. The molecule has 0 saturated carbocycles. The minimum atomic E-state index is -0.0137. The first-order chi connectivity index (χ1) is 8.04. The van der Waals surface area contributed by atoms with Crippen molar-refractivity contribution in [2.24, 2.45) is 5.73 Å². The van der Waals surface area contributed by atoms with E-state index in [1.807, 2.05) is 26.0 Å². The summed E-state index contributed by atoms with van der Waals surface area (Å²) in [5.74, 6) is 0.892. The van der Waals surface area contributed by atoms with Crippen molar-refractivity contribution < 1.29 is 9.47 Å². The van der Waals surface area contributed by atoms with Gasteiger partial charge >= 0.3 is 0 Å². The zero-order valence-corrected chi connectivity index (χ0v) is 11.2. The maximum absolute atomic E-state index is 5.94. The lowest BCUT2D eigenvalue weighted by molar-refractivity contribution is 0.134. The Balaban J connectivity index is 2.77. The van der Waals surface area contributed by atoms with Crippen LogP contribution in [0.5, 0.6) is 5.75 Å². The van der Waals surface area contributed by atoms with Crippen LogP contribution in [0.15, 0.2) is 18.2 Å². The van der Waals surface area contributed by atoms with Crippen LogP contribution in [0.3, 0.4) is 0 Å². The number of rotatable bonds is 6. The molecule has 1 aromatic carbocycles. The normalized spacial score (nSPS) is 14.4. The van der Waals surface area contributed by atoms with Crippen molar-refractivity contribution in [2.45, 2.75) is 39.3 Å². The Morgan fingerprint density at radius 1 is 1.29 bits per heavy atom. The summed E-state index contributed by atoms with van der Waals surface area (Å²) in [5.41, 5.74) is 8.17. The Morgan fingerprint density at radius 3 is 2.59 bits per heavy atom. The lowest BCUT2D eigenvalue weighted by atomic mass is 10.1. The van der Waals surface area contributed by atoms with Crippen LogP contribution in [-0.4, -0.2) is 19.8 Å². The first-order valence-electron chi connectivity index (χ1n) is 6.06. The van der Waals surface area contributed by atoms with Crippen LogP contribution in [0, 0.1) is 6.92 Å². The highest BCUT2D eigenvalue weighted by molar-refractivity contribution is 5.39. The SMILES string of the molecule is COCCC(C)Oc1cc(C)ccc1[C@H](C)N. The molecule has 0 aliphatic carbocycles. The zero-order valence-electron chi connectivity index (χ0n) is 11.2. The van der Waals surface area contributed by atoms with Gasteiger partial charge in [-0.1, -0.05) is 12.1 Å². The molecule has 0 heterocycles. The summed E-state index contributed by atoms with van der Waals surface area (Å²) < 4.78 is 11.0. The fourth-order valence-corrected chi connectivity index (χ4v) is 1.68. The molecule has 1 rings (SSSR count). The quantitative estimate of drug-likeness (QED) is 0.827. The number of nitrogens with two attached hydrogens (primary N) is 1. The molecular formula is C14H23NO2. The molecule has 0 saturated heterocycles. The molecule has 2 atom stereocenters. The second-order valence-electron chi connectivity index (χ2n) is 4.54. The molecule has 0 radical (unpaired) electrons.